The Balaban J connectivity index is 1.69. The van der Waals surface area contributed by atoms with Crippen LogP contribution in [0.15, 0.2) is 65.1 Å². The SMILES string of the molecule is Cc1cc(Br)cc(C)c1NC(=O)C(C)Oc1ccc(F)cc1C(=O)CCC(=O)N(C)c1ccccc1. The first-order valence-corrected chi connectivity index (χ1v) is 12.2. The van der Waals surface area contributed by atoms with Gasteiger partial charge in [0, 0.05) is 35.7 Å². The Hall–Kier alpha value is -3.52. The lowest BCUT2D eigenvalue weighted by molar-refractivity contribution is -0.122. The molecule has 188 valence electrons. The molecule has 3 aromatic rings. The molecule has 0 heterocycles. The summed E-state index contributed by atoms with van der Waals surface area (Å²) in [5.74, 6) is -1.65. The summed E-state index contributed by atoms with van der Waals surface area (Å²) >= 11 is 3.43. The minimum absolute atomic E-state index is 0.0131. The van der Waals surface area contributed by atoms with E-state index in [0.717, 1.165) is 27.7 Å². The molecule has 1 unspecified atom stereocenters. The summed E-state index contributed by atoms with van der Waals surface area (Å²) in [6.07, 6.45) is -1.15. The van der Waals surface area contributed by atoms with Crippen molar-refractivity contribution in [2.45, 2.75) is 39.7 Å². The van der Waals surface area contributed by atoms with Crippen molar-refractivity contribution in [1.82, 2.24) is 0 Å². The number of rotatable bonds is 9. The molecule has 0 radical (unpaired) electrons. The number of hydrogen-bond donors (Lipinski definition) is 1. The Labute approximate surface area is 218 Å². The van der Waals surface area contributed by atoms with Gasteiger partial charge in [-0.25, -0.2) is 4.39 Å². The van der Waals surface area contributed by atoms with Gasteiger partial charge < -0.3 is 15.0 Å². The molecule has 3 rings (SSSR count). The van der Waals surface area contributed by atoms with Gasteiger partial charge in [-0.1, -0.05) is 34.1 Å². The predicted molar refractivity (Wildman–Crippen MR) is 142 cm³/mol. The number of ether oxygens (including phenoxy) is 1. The first kappa shape index (κ1) is 27.1. The van der Waals surface area contributed by atoms with Crippen LogP contribution < -0.4 is 15.0 Å². The van der Waals surface area contributed by atoms with Gasteiger partial charge in [0.1, 0.15) is 11.6 Å². The molecule has 1 N–H and O–H groups in total. The monoisotopic (exact) mass is 554 g/mol. The summed E-state index contributed by atoms with van der Waals surface area (Å²) < 4.78 is 20.7. The van der Waals surface area contributed by atoms with Gasteiger partial charge in [0.15, 0.2) is 11.9 Å². The Kier molecular flexibility index (Phi) is 8.98. The topological polar surface area (TPSA) is 75.7 Å². The van der Waals surface area contributed by atoms with E-state index in [-0.39, 0.29) is 30.1 Å². The van der Waals surface area contributed by atoms with E-state index in [4.69, 9.17) is 4.74 Å². The Bertz CT molecular complexity index is 1260. The van der Waals surface area contributed by atoms with Crippen molar-refractivity contribution in [2.24, 2.45) is 0 Å². The van der Waals surface area contributed by atoms with Crippen LogP contribution in [0.2, 0.25) is 0 Å². The summed E-state index contributed by atoms with van der Waals surface area (Å²) in [5.41, 5.74) is 3.13. The number of ketones is 1. The lowest BCUT2D eigenvalue weighted by Crippen LogP contribution is -2.31. The molecule has 3 aromatic carbocycles. The number of amides is 2. The average molecular weight is 555 g/mol. The molecule has 0 spiro atoms. The number of nitrogens with one attached hydrogen (secondary N) is 1. The van der Waals surface area contributed by atoms with E-state index in [9.17, 15) is 18.8 Å². The molecule has 0 bridgehead atoms. The third-order valence-electron chi connectivity index (χ3n) is 5.74. The van der Waals surface area contributed by atoms with Gasteiger partial charge in [0.25, 0.3) is 5.91 Å². The van der Waals surface area contributed by atoms with Crippen LogP contribution in [-0.2, 0) is 9.59 Å². The molecule has 0 saturated heterocycles. The normalized spacial score (nSPS) is 11.5. The molecular formula is C28H28BrFN2O4. The highest BCUT2D eigenvalue weighted by Gasteiger charge is 2.22. The first-order valence-electron chi connectivity index (χ1n) is 11.5. The zero-order valence-corrected chi connectivity index (χ0v) is 22.2. The van der Waals surface area contributed by atoms with E-state index >= 15 is 0 Å². The van der Waals surface area contributed by atoms with Crippen LogP contribution in [0.1, 0.15) is 41.3 Å². The zero-order valence-electron chi connectivity index (χ0n) is 20.6. The average Bonchev–Trinajstić information content (AvgIpc) is 2.85. The number of para-hydroxylation sites is 1. The summed E-state index contributed by atoms with van der Waals surface area (Å²) in [7, 11) is 1.63. The van der Waals surface area contributed by atoms with Crippen LogP contribution in [-0.4, -0.2) is 30.7 Å². The fourth-order valence-corrected chi connectivity index (χ4v) is 4.40. The minimum Gasteiger partial charge on any atom is -0.480 e. The number of Topliss-reactive ketones (excluding diaryl/α,β-unsaturated/α-hetero) is 1. The second-order valence-electron chi connectivity index (χ2n) is 8.52. The molecule has 2 amide bonds. The number of hydrogen-bond acceptors (Lipinski definition) is 4. The number of benzene rings is 3. The Morgan fingerprint density at radius 1 is 1.00 bits per heavy atom. The van der Waals surface area contributed by atoms with E-state index in [1.165, 1.54) is 11.0 Å². The van der Waals surface area contributed by atoms with Gasteiger partial charge >= 0.3 is 0 Å². The number of anilines is 2. The molecule has 1 atom stereocenters. The molecule has 0 saturated carbocycles. The predicted octanol–water partition coefficient (Wildman–Crippen LogP) is 6.24. The molecule has 8 heteroatoms. The maximum absolute atomic E-state index is 14.0. The van der Waals surface area contributed by atoms with E-state index in [1.54, 1.807) is 26.1 Å². The number of carbonyl (C=O) groups excluding carboxylic acids is 3. The fraction of sp³-hybridized carbons (Fsp3) is 0.250. The molecule has 0 aliphatic heterocycles. The molecule has 0 aliphatic rings. The van der Waals surface area contributed by atoms with Crippen molar-refractivity contribution in [3.05, 3.63) is 87.6 Å². The van der Waals surface area contributed by atoms with Crippen molar-refractivity contribution in [2.75, 3.05) is 17.3 Å². The Morgan fingerprint density at radius 3 is 2.28 bits per heavy atom. The van der Waals surface area contributed by atoms with Crippen LogP contribution >= 0.6 is 15.9 Å². The first-order chi connectivity index (χ1) is 17.1. The number of carbonyl (C=O) groups is 3. The summed E-state index contributed by atoms with van der Waals surface area (Å²) in [5, 5.41) is 2.86. The van der Waals surface area contributed by atoms with Gasteiger partial charge in [-0.3, -0.25) is 14.4 Å². The largest absolute Gasteiger partial charge is 0.480 e. The zero-order chi connectivity index (χ0) is 26.4. The van der Waals surface area contributed by atoms with Crippen molar-refractivity contribution in [3.63, 3.8) is 0 Å². The highest BCUT2D eigenvalue weighted by atomic mass is 79.9. The van der Waals surface area contributed by atoms with Crippen molar-refractivity contribution in [1.29, 1.82) is 0 Å². The van der Waals surface area contributed by atoms with E-state index < -0.39 is 23.6 Å². The molecule has 6 nitrogen and oxygen atoms in total. The number of aryl methyl sites for hydroxylation is 2. The van der Waals surface area contributed by atoms with Gasteiger partial charge in [0.2, 0.25) is 5.91 Å². The van der Waals surface area contributed by atoms with E-state index in [0.29, 0.717) is 11.4 Å². The maximum atomic E-state index is 14.0. The lowest BCUT2D eigenvalue weighted by Gasteiger charge is -2.19. The summed E-state index contributed by atoms with van der Waals surface area (Å²) in [6.45, 7) is 5.31. The third-order valence-corrected chi connectivity index (χ3v) is 6.20. The van der Waals surface area contributed by atoms with Crippen molar-refractivity contribution < 1.29 is 23.5 Å². The minimum atomic E-state index is -0.963. The molecule has 0 aliphatic carbocycles. The highest BCUT2D eigenvalue weighted by Crippen LogP contribution is 2.27. The summed E-state index contributed by atoms with van der Waals surface area (Å²) in [6, 6.07) is 16.4. The molecular weight excluding hydrogens is 527 g/mol. The fourth-order valence-electron chi connectivity index (χ4n) is 3.72. The van der Waals surface area contributed by atoms with Crippen LogP contribution in [0.3, 0.4) is 0 Å². The highest BCUT2D eigenvalue weighted by molar-refractivity contribution is 9.10. The third kappa shape index (κ3) is 6.79. The molecule has 0 aromatic heterocycles. The van der Waals surface area contributed by atoms with E-state index in [2.05, 4.69) is 21.2 Å². The van der Waals surface area contributed by atoms with Gasteiger partial charge in [0.05, 0.1) is 5.56 Å². The quantitative estimate of drug-likeness (QED) is 0.318. The lowest BCUT2D eigenvalue weighted by atomic mass is 10.0. The maximum Gasteiger partial charge on any atom is 0.265 e. The molecule has 36 heavy (non-hydrogen) atoms. The van der Waals surface area contributed by atoms with Crippen molar-refractivity contribution in [3.8, 4) is 5.75 Å². The second-order valence-corrected chi connectivity index (χ2v) is 9.43. The van der Waals surface area contributed by atoms with E-state index in [1.807, 2.05) is 44.2 Å². The standard InChI is InChI=1S/C28H28BrFN2O4/c1-17-14-20(29)15-18(2)27(17)31-28(35)19(3)36-25-12-10-21(30)16-23(25)24(33)11-13-26(34)32(4)22-8-6-5-7-9-22/h5-10,12,14-16,19H,11,13H2,1-4H3,(H,31,35). The molecule has 0 fully saturated rings. The van der Waals surface area contributed by atoms with Crippen LogP contribution in [0.5, 0.6) is 5.75 Å². The van der Waals surface area contributed by atoms with Gasteiger partial charge in [-0.15, -0.1) is 0 Å². The number of halogens is 2. The van der Waals surface area contributed by atoms with Crippen molar-refractivity contribution >= 4 is 44.9 Å². The summed E-state index contributed by atoms with van der Waals surface area (Å²) in [4.78, 5) is 39.8. The second kappa shape index (κ2) is 11.9. The van der Waals surface area contributed by atoms with Crippen LogP contribution in [0.4, 0.5) is 15.8 Å². The number of nitrogens with zero attached hydrogens (tertiary/aromatic N) is 1. The van der Waals surface area contributed by atoms with Gasteiger partial charge in [-0.2, -0.15) is 0 Å². The smallest absolute Gasteiger partial charge is 0.265 e. The van der Waals surface area contributed by atoms with Crippen LogP contribution in [0, 0.1) is 19.7 Å². The van der Waals surface area contributed by atoms with Gasteiger partial charge in [-0.05, 0) is 74.4 Å². The Morgan fingerprint density at radius 2 is 1.64 bits per heavy atom. The van der Waals surface area contributed by atoms with Crippen LogP contribution in [0.25, 0.3) is 0 Å².